The summed E-state index contributed by atoms with van der Waals surface area (Å²) in [6, 6.07) is 0. The molecule has 0 radical (unpaired) electrons. The van der Waals surface area contributed by atoms with E-state index in [1.807, 2.05) is 0 Å². The summed E-state index contributed by atoms with van der Waals surface area (Å²) in [5, 5.41) is 0. The van der Waals surface area contributed by atoms with Crippen LogP contribution in [0.3, 0.4) is 0 Å². The Bertz CT molecular complexity index is 649. The molecule has 7 atom stereocenters. The largest absolute Gasteiger partial charge is 0.0990 e. The molecule has 0 aromatic heterocycles. The molecule has 0 aliphatic heterocycles. The van der Waals surface area contributed by atoms with Crippen molar-refractivity contribution in [3.63, 3.8) is 0 Å². The van der Waals surface area contributed by atoms with Crippen molar-refractivity contribution in [2.75, 3.05) is 0 Å². The third kappa shape index (κ3) is 2.14. The predicted octanol–water partition coefficient (Wildman–Crippen LogP) is 7.80. The van der Waals surface area contributed by atoms with Gasteiger partial charge in [-0.25, -0.2) is 0 Å². The van der Waals surface area contributed by atoms with Gasteiger partial charge in [0.15, 0.2) is 0 Å². The maximum atomic E-state index is 4.82. The van der Waals surface area contributed by atoms with Gasteiger partial charge < -0.3 is 0 Å². The second kappa shape index (κ2) is 5.74. The van der Waals surface area contributed by atoms with E-state index >= 15 is 0 Å². The van der Waals surface area contributed by atoms with E-state index in [0.29, 0.717) is 16.2 Å². The topological polar surface area (TPSA) is 0 Å². The van der Waals surface area contributed by atoms with Crippen LogP contribution < -0.4 is 0 Å². The van der Waals surface area contributed by atoms with Gasteiger partial charge in [0.25, 0.3) is 0 Å². The van der Waals surface area contributed by atoms with Gasteiger partial charge in [-0.15, -0.1) is 0 Å². The van der Waals surface area contributed by atoms with Crippen molar-refractivity contribution < 1.29 is 0 Å². The van der Waals surface area contributed by atoms with Gasteiger partial charge in [0.05, 0.1) is 0 Å². The van der Waals surface area contributed by atoms with Crippen molar-refractivity contribution in [1.82, 2.24) is 0 Å². The molecular formula is C26H42. The van der Waals surface area contributed by atoms with Crippen LogP contribution in [0.25, 0.3) is 0 Å². The molecule has 0 aromatic carbocycles. The van der Waals surface area contributed by atoms with Crippen LogP contribution in [0.15, 0.2) is 23.3 Å². The normalized spacial score (nSPS) is 50.3. The minimum absolute atomic E-state index is 0.323. The van der Waals surface area contributed by atoms with E-state index in [9.17, 15) is 0 Å². The van der Waals surface area contributed by atoms with Crippen molar-refractivity contribution in [3.8, 4) is 0 Å². The van der Waals surface area contributed by atoms with Gasteiger partial charge >= 0.3 is 0 Å². The maximum Gasteiger partial charge on any atom is -0.00539 e. The summed E-state index contributed by atoms with van der Waals surface area (Å²) in [4.78, 5) is 0. The number of allylic oxidation sites excluding steroid dienone is 3. The monoisotopic (exact) mass is 354 g/mol. The Morgan fingerprint density at radius 3 is 2.38 bits per heavy atom. The number of hydrogen-bond acceptors (Lipinski definition) is 0. The van der Waals surface area contributed by atoms with Gasteiger partial charge in [-0.1, -0.05) is 71.3 Å². The van der Waals surface area contributed by atoms with Crippen LogP contribution in [0.5, 0.6) is 0 Å². The van der Waals surface area contributed by atoms with E-state index < -0.39 is 0 Å². The molecule has 4 aliphatic rings. The molecular weight excluding hydrogens is 312 g/mol. The predicted molar refractivity (Wildman–Crippen MR) is 113 cm³/mol. The lowest BCUT2D eigenvalue weighted by atomic mass is 9.35. The third-order valence-corrected chi connectivity index (χ3v) is 10.6. The lowest BCUT2D eigenvalue weighted by molar-refractivity contribution is -0.176. The summed E-state index contributed by atoms with van der Waals surface area (Å²) in [7, 11) is 0. The highest BCUT2D eigenvalue weighted by molar-refractivity contribution is 5.35. The zero-order chi connectivity index (χ0) is 19.1. The van der Waals surface area contributed by atoms with E-state index in [-0.39, 0.29) is 0 Å². The molecule has 0 heteroatoms. The van der Waals surface area contributed by atoms with E-state index in [1.165, 1.54) is 44.9 Å². The highest BCUT2D eigenvalue weighted by Gasteiger charge is 2.65. The molecule has 0 saturated heterocycles. The lowest BCUT2D eigenvalue weighted by Crippen LogP contribution is -2.62. The molecule has 3 fully saturated rings. The molecule has 0 spiro atoms. The van der Waals surface area contributed by atoms with Gasteiger partial charge in [0.1, 0.15) is 0 Å². The zero-order valence-corrected chi connectivity index (χ0v) is 18.5. The summed E-state index contributed by atoms with van der Waals surface area (Å²) in [6.07, 6.45) is 9.64. The van der Waals surface area contributed by atoms with E-state index in [2.05, 4.69) is 48.5 Å². The summed E-state index contributed by atoms with van der Waals surface area (Å²) in [5.74, 6) is 4.30. The quantitative estimate of drug-likeness (QED) is 0.421. The Morgan fingerprint density at radius 2 is 1.81 bits per heavy atom. The molecule has 0 N–H and O–H groups in total. The number of hydrogen-bond donors (Lipinski definition) is 0. The fourth-order valence-corrected chi connectivity index (χ4v) is 8.71. The van der Waals surface area contributed by atoms with Gasteiger partial charge in [0.2, 0.25) is 0 Å². The Balaban J connectivity index is 1.92. The molecule has 0 aromatic rings. The minimum atomic E-state index is 0.323. The highest BCUT2D eigenvalue weighted by Crippen LogP contribution is 2.72. The maximum absolute atomic E-state index is 4.82. The standard InChI is InChI=1S/C26H42/c1-9-20-21-11-10-16(2)22(24(21,5)6)15-18(4)26(8)17(3)14-19-12-13-25(19,7)23(20)26/h17,19-21,23H,4,9-15H2,1-3,5-8H3. The Morgan fingerprint density at radius 1 is 1.12 bits per heavy atom. The molecule has 26 heavy (non-hydrogen) atoms. The van der Waals surface area contributed by atoms with Crippen molar-refractivity contribution in [2.24, 2.45) is 45.8 Å². The first-order valence-electron chi connectivity index (χ1n) is 11.5. The number of rotatable bonds is 1. The minimum Gasteiger partial charge on any atom is -0.0990 e. The first-order chi connectivity index (χ1) is 12.1. The van der Waals surface area contributed by atoms with Crippen LogP contribution >= 0.6 is 0 Å². The third-order valence-electron chi connectivity index (χ3n) is 10.6. The Labute approximate surface area is 162 Å². The fraction of sp³-hybridized carbons (Fsp3) is 0.846. The smallest absolute Gasteiger partial charge is 0.00539 e. The molecule has 7 unspecified atom stereocenters. The molecule has 4 rings (SSSR count). The summed E-state index contributed by atoms with van der Waals surface area (Å²) in [5.41, 5.74) is 6.25. The molecule has 4 aliphatic carbocycles. The summed E-state index contributed by atoms with van der Waals surface area (Å²) < 4.78 is 0. The van der Waals surface area contributed by atoms with Crippen LogP contribution in [-0.2, 0) is 0 Å². The molecule has 3 saturated carbocycles. The Kier molecular flexibility index (Phi) is 4.16. The van der Waals surface area contributed by atoms with Gasteiger partial charge in [0, 0.05) is 0 Å². The second-order valence-corrected chi connectivity index (χ2v) is 11.6. The van der Waals surface area contributed by atoms with Crippen LogP contribution in [0, 0.1) is 45.8 Å². The van der Waals surface area contributed by atoms with Gasteiger partial charge in [-0.3, -0.25) is 0 Å². The lowest BCUT2D eigenvalue weighted by Gasteiger charge is -2.69. The van der Waals surface area contributed by atoms with Crippen LogP contribution in [0.4, 0.5) is 0 Å². The van der Waals surface area contributed by atoms with Gasteiger partial charge in [-0.2, -0.15) is 0 Å². The molecule has 0 heterocycles. The summed E-state index contributed by atoms with van der Waals surface area (Å²) >= 11 is 0. The van der Waals surface area contributed by atoms with E-state index in [4.69, 9.17) is 6.58 Å². The van der Waals surface area contributed by atoms with Crippen molar-refractivity contribution >= 4 is 0 Å². The number of fused-ring (bicyclic) bond motifs is 5. The highest BCUT2D eigenvalue weighted by atomic mass is 14.7. The average molecular weight is 355 g/mol. The average Bonchev–Trinajstić information content (AvgIpc) is 2.57. The molecule has 0 nitrogen and oxygen atoms in total. The molecule has 0 amide bonds. The van der Waals surface area contributed by atoms with E-state index in [1.54, 1.807) is 16.7 Å². The first kappa shape index (κ1) is 18.8. The molecule has 146 valence electrons. The first-order valence-corrected chi connectivity index (χ1v) is 11.5. The van der Waals surface area contributed by atoms with Gasteiger partial charge in [-0.05, 0) is 91.3 Å². The zero-order valence-electron chi connectivity index (χ0n) is 18.5. The van der Waals surface area contributed by atoms with E-state index in [0.717, 1.165) is 29.6 Å². The second-order valence-electron chi connectivity index (χ2n) is 11.6. The summed E-state index contributed by atoms with van der Waals surface area (Å²) in [6.45, 7) is 22.7. The van der Waals surface area contributed by atoms with Crippen molar-refractivity contribution in [3.05, 3.63) is 23.3 Å². The van der Waals surface area contributed by atoms with Crippen molar-refractivity contribution in [2.45, 2.75) is 93.4 Å². The van der Waals surface area contributed by atoms with Crippen LogP contribution in [0.2, 0.25) is 0 Å². The van der Waals surface area contributed by atoms with Crippen molar-refractivity contribution in [1.29, 1.82) is 0 Å². The van der Waals surface area contributed by atoms with Crippen LogP contribution in [0.1, 0.15) is 93.4 Å². The Hall–Kier alpha value is -0.520. The molecule has 2 bridgehead atoms. The van der Waals surface area contributed by atoms with Crippen LogP contribution in [-0.4, -0.2) is 0 Å². The fourth-order valence-electron chi connectivity index (χ4n) is 8.71. The SMILES string of the molecule is C=C1CC2=C(C)CCC(C(CC)C3C4(C)CCC4CC(C)C13C)C2(C)C.